The van der Waals surface area contributed by atoms with Crippen LogP contribution in [0.5, 0.6) is 5.75 Å². The van der Waals surface area contributed by atoms with E-state index in [1.165, 1.54) is 0 Å². The molecule has 0 saturated carbocycles. The fourth-order valence-corrected chi connectivity index (χ4v) is 2.66. The smallest absolute Gasteiger partial charge is 0.303 e. The Morgan fingerprint density at radius 1 is 1.61 bits per heavy atom. The van der Waals surface area contributed by atoms with E-state index in [1.54, 1.807) is 7.11 Å². The molecule has 1 atom stereocenters. The van der Waals surface area contributed by atoms with E-state index >= 15 is 0 Å². The van der Waals surface area contributed by atoms with Crippen molar-refractivity contribution in [2.45, 2.75) is 18.8 Å². The number of halogens is 1. The molecule has 1 aliphatic heterocycles. The van der Waals surface area contributed by atoms with Gasteiger partial charge in [0.2, 0.25) is 0 Å². The molecule has 0 saturated heterocycles. The summed E-state index contributed by atoms with van der Waals surface area (Å²) in [6, 6.07) is 3.71. The number of nitrogens with zero attached hydrogens (tertiary/aromatic N) is 1. The molecule has 18 heavy (non-hydrogen) atoms. The molecule has 4 nitrogen and oxygen atoms in total. The molecule has 0 bridgehead atoms. The topological polar surface area (TPSA) is 49.8 Å². The minimum atomic E-state index is -0.774. The van der Waals surface area contributed by atoms with Gasteiger partial charge in [0.25, 0.3) is 0 Å². The maximum atomic E-state index is 10.9. The minimum Gasteiger partial charge on any atom is -0.495 e. The van der Waals surface area contributed by atoms with Crippen molar-refractivity contribution in [2.24, 2.45) is 0 Å². The zero-order valence-corrected chi connectivity index (χ0v) is 11.2. The van der Waals surface area contributed by atoms with Gasteiger partial charge in [-0.3, -0.25) is 4.79 Å². The molecular formula is C13H16ClNO3. The molecule has 1 aliphatic rings. The SMILES string of the molecule is COc1cc2c(cc1Cl)N(C)CCC2CC(=O)O. The maximum Gasteiger partial charge on any atom is 0.303 e. The van der Waals surface area contributed by atoms with Gasteiger partial charge in [-0.25, -0.2) is 0 Å². The number of aliphatic carboxylic acids is 1. The molecule has 1 aromatic rings. The molecule has 1 aromatic carbocycles. The number of ether oxygens (including phenoxy) is 1. The summed E-state index contributed by atoms with van der Waals surface area (Å²) in [6.45, 7) is 0.841. The van der Waals surface area contributed by atoms with Gasteiger partial charge in [0, 0.05) is 19.3 Å². The van der Waals surface area contributed by atoms with E-state index in [-0.39, 0.29) is 12.3 Å². The molecule has 1 heterocycles. The van der Waals surface area contributed by atoms with Gasteiger partial charge in [-0.15, -0.1) is 0 Å². The molecule has 0 spiro atoms. The zero-order valence-electron chi connectivity index (χ0n) is 10.4. The number of carboxylic acid groups (broad SMARTS) is 1. The average Bonchev–Trinajstić information content (AvgIpc) is 2.32. The first-order valence-corrected chi connectivity index (χ1v) is 6.21. The Labute approximate surface area is 111 Å². The molecule has 0 fully saturated rings. The number of rotatable bonds is 3. The molecule has 0 aromatic heterocycles. The molecule has 2 rings (SSSR count). The lowest BCUT2D eigenvalue weighted by Gasteiger charge is -2.33. The number of hydrogen-bond acceptors (Lipinski definition) is 3. The van der Waals surface area contributed by atoms with Crippen molar-refractivity contribution in [3.63, 3.8) is 0 Å². The van der Waals surface area contributed by atoms with Crippen LogP contribution in [0.1, 0.15) is 24.3 Å². The summed E-state index contributed by atoms with van der Waals surface area (Å²) in [4.78, 5) is 13.0. The second-order valence-electron chi connectivity index (χ2n) is 4.55. The van der Waals surface area contributed by atoms with Gasteiger partial charge in [-0.05, 0) is 30.0 Å². The van der Waals surface area contributed by atoms with Crippen LogP contribution in [0.25, 0.3) is 0 Å². The van der Waals surface area contributed by atoms with Gasteiger partial charge >= 0.3 is 5.97 Å². The highest BCUT2D eigenvalue weighted by molar-refractivity contribution is 6.32. The monoisotopic (exact) mass is 269 g/mol. The predicted molar refractivity (Wildman–Crippen MR) is 70.9 cm³/mol. The van der Waals surface area contributed by atoms with E-state index in [2.05, 4.69) is 4.90 Å². The van der Waals surface area contributed by atoms with Crippen molar-refractivity contribution in [1.29, 1.82) is 0 Å². The highest BCUT2D eigenvalue weighted by Gasteiger charge is 2.26. The highest BCUT2D eigenvalue weighted by Crippen LogP contribution is 2.41. The van der Waals surface area contributed by atoms with Crippen LogP contribution >= 0.6 is 11.6 Å². The fourth-order valence-electron chi connectivity index (χ4n) is 2.42. The molecule has 98 valence electrons. The number of benzene rings is 1. The van der Waals surface area contributed by atoms with Crippen LogP contribution in [0.15, 0.2) is 12.1 Å². The zero-order chi connectivity index (χ0) is 13.3. The Morgan fingerprint density at radius 3 is 2.94 bits per heavy atom. The van der Waals surface area contributed by atoms with Crippen LogP contribution in [-0.4, -0.2) is 31.8 Å². The summed E-state index contributed by atoms with van der Waals surface area (Å²) < 4.78 is 5.20. The van der Waals surface area contributed by atoms with Crippen LogP contribution in [-0.2, 0) is 4.79 Å². The molecule has 1 N–H and O–H groups in total. The first-order chi connectivity index (χ1) is 8.52. The quantitative estimate of drug-likeness (QED) is 0.917. The van der Waals surface area contributed by atoms with Crippen molar-refractivity contribution in [1.82, 2.24) is 0 Å². The van der Waals surface area contributed by atoms with Crippen molar-refractivity contribution in [2.75, 3.05) is 25.6 Å². The minimum absolute atomic E-state index is 0.0277. The predicted octanol–water partition coefficient (Wildman–Crippen LogP) is 2.75. The van der Waals surface area contributed by atoms with Gasteiger partial charge in [-0.1, -0.05) is 11.6 Å². The summed E-state index contributed by atoms with van der Waals surface area (Å²) in [5.41, 5.74) is 2.01. The lowest BCUT2D eigenvalue weighted by Crippen LogP contribution is -2.28. The Hall–Kier alpha value is -1.42. The molecule has 1 unspecified atom stereocenters. The summed E-state index contributed by atoms with van der Waals surface area (Å²) in [5, 5.41) is 9.52. The van der Waals surface area contributed by atoms with Gasteiger partial charge in [-0.2, -0.15) is 0 Å². The first-order valence-electron chi connectivity index (χ1n) is 5.83. The van der Waals surface area contributed by atoms with Gasteiger partial charge in [0.05, 0.1) is 18.6 Å². The Bertz CT molecular complexity index is 476. The summed E-state index contributed by atoms with van der Waals surface area (Å²) in [5.74, 6) is -0.148. The Balaban J connectivity index is 2.45. The lowest BCUT2D eigenvalue weighted by molar-refractivity contribution is -0.137. The van der Waals surface area contributed by atoms with E-state index in [0.29, 0.717) is 10.8 Å². The molecular weight excluding hydrogens is 254 g/mol. The van der Waals surface area contributed by atoms with E-state index in [0.717, 1.165) is 24.2 Å². The van der Waals surface area contributed by atoms with Gasteiger partial charge < -0.3 is 14.7 Å². The number of anilines is 1. The maximum absolute atomic E-state index is 10.9. The number of carboxylic acids is 1. The number of fused-ring (bicyclic) bond motifs is 1. The molecule has 0 radical (unpaired) electrons. The highest BCUT2D eigenvalue weighted by atomic mass is 35.5. The van der Waals surface area contributed by atoms with Crippen LogP contribution in [0, 0.1) is 0 Å². The van der Waals surface area contributed by atoms with E-state index in [1.807, 2.05) is 19.2 Å². The van der Waals surface area contributed by atoms with Crippen molar-refractivity contribution in [3.8, 4) is 5.75 Å². The normalized spacial score (nSPS) is 18.4. The Morgan fingerprint density at radius 2 is 2.33 bits per heavy atom. The van der Waals surface area contributed by atoms with Crippen molar-refractivity contribution >= 4 is 23.3 Å². The van der Waals surface area contributed by atoms with E-state index in [9.17, 15) is 4.79 Å². The second-order valence-corrected chi connectivity index (χ2v) is 4.96. The number of hydrogen-bond donors (Lipinski definition) is 1. The number of carbonyl (C=O) groups is 1. The van der Waals surface area contributed by atoms with Crippen molar-refractivity contribution < 1.29 is 14.6 Å². The largest absolute Gasteiger partial charge is 0.495 e. The van der Waals surface area contributed by atoms with Gasteiger partial charge in [0.1, 0.15) is 5.75 Å². The Kier molecular flexibility index (Phi) is 3.66. The van der Waals surface area contributed by atoms with E-state index in [4.69, 9.17) is 21.4 Å². The summed E-state index contributed by atoms with van der Waals surface area (Å²) in [6.07, 6.45) is 0.978. The second kappa shape index (κ2) is 5.06. The molecule has 0 aliphatic carbocycles. The number of methoxy groups -OCH3 is 1. The molecule has 0 amide bonds. The van der Waals surface area contributed by atoms with E-state index < -0.39 is 5.97 Å². The third-order valence-corrected chi connectivity index (χ3v) is 3.68. The fraction of sp³-hybridized carbons (Fsp3) is 0.462. The summed E-state index contributed by atoms with van der Waals surface area (Å²) in [7, 11) is 3.55. The lowest BCUT2D eigenvalue weighted by atomic mass is 9.87. The van der Waals surface area contributed by atoms with Crippen LogP contribution in [0.2, 0.25) is 5.02 Å². The average molecular weight is 270 g/mol. The van der Waals surface area contributed by atoms with Crippen molar-refractivity contribution in [3.05, 3.63) is 22.7 Å². The third kappa shape index (κ3) is 2.38. The first kappa shape index (κ1) is 13.0. The summed E-state index contributed by atoms with van der Waals surface area (Å²) >= 11 is 6.11. The van der Waals surface area contributed by atoms with Crippen LogP contribution in [0.3, 0.4) is 0 Å². The standard InChI is InChI=1S/C13H16ClNO3/c1-15-4-3-8(5-13(16)17)9-6-12(18-2)10(14)7-11(9)15/h6-8H,3-5H2,1-2H3,(H,16,17). The van der Waals surface area contributed by atoms with Crippen LogP contribution < -0.4 is 9.64 Å². The molecule has 5 heteroatoms. The van der Waals surface area contributed by atoms with Crippen LogP contribution in [0.4, 0.5) is 5.69 Å². The third-order valence-electron chi connectivity index (χ3n) is 3.39. The van der Waals surface area contributed by atoms with Gasteiger partial charge in [0.15, 0.2) is 0 Å².